The Morgan fingerprint density at radius 1 is 1.40 bits per heavy atom. The number of carbonyl (C=O) groups is 1. The van der Waals surface area contributed by atoms with E-state index in [2.05, 4.69) is 0 Å². The van der Waals surface area contributed by atoms with Crippen LogP contribution in [0, 0.1) is 0 Å². The lowest BCUT2D eigenvalue weighted by molar-refractivity contribution is 0.0505. The van der Waals surface area contributed by atoms with Gasteiger partial charge in [-0.2, -0.15) is 0 Å². The highest BCUT2D eigenvalue weighted by Crippen LogP contribution is 2.08. The molecule has 1 rings (SSSR count). The van der Waals surface area contributed by atoms with Crippen molar-refractivity contribution in [3.63, 3.8) is 0 Å². The number of hydrogen-bond donors (Lipinski definition) is 1. The molecule has 0 aliphatic heterocycles. The first-order chi connectivity index (χ1) is 7.15. The number of carbonyl (C=O) groups excluding carboxylic acids is 1. The van der Waals surface area contributed by atoms with Gasteiger partial charge >= 0.3 is 5.97 Å². The van der Waals surface area contributed by atoms with Crippen LogP contribution < -0.4 is 0 Å². The third-order valence-electron chi connectivity index (χ3n) is 1.73. The highest BCUT2D eigenvalue weighted by Gasteiger charge is 2.07. The van der Waals surface area contributed by atoms with Gasteiger partial charge in [-0.25, -0.2) is 9.00 Å². The molecule has 1 unspecified atom stereocenters. The zero-order valence-electron chi connectivity index (χ0n) is 8.30. The number of rotatable bonds is 4. The fourth-order valence-electron chi connectivity index (χ4n) is 0.986. The van der Waals surface area contributed by atoms with Crippen LogP contribution in [0.3, 0.4) is 0 Å². The van der Waals surface area contributed by atoms with Gasteiger partial charge in [0.25, 0.3) is 0 Å². The van der Waals surface area contributed by atoms with Crippen LogP contribution in [0.5, 0.6) is 0 Å². The molecule has 4 nitrogen and oxygen atoms in total. The van der Waals surface area contributed by atoms with E-state index in [1.807, 2.05) is 6.92 Å². The monoisotopic (exact) mass is 228 g/mol. The molecule has 0 aliphatic carbocycles. The van der Waals surface area contributed by atoms with Crippen molar-refractivity contribution in [2.45, 2.75) is 18.2 Å². The fraction of sp³-hybridized carbons (Fsp3) is 0.300. The van der Waals surface area contributed by atoms with Gasteiger partial charge in [0, 0.05) is 0 Å². The van der Waals surface area contributed by atoms with Crippen molar-refractivity contribution < 1.29 is 18.3 Å². The van der Waals surface area contributed by atoms with E-state index in [-0.39, 0.29) is 4.90 Å². The molecular weight excluding hydrogens is 216 g/mol. The third-order valence-corrected chi connectivity index (χ3v) is 2.40. The SMILES string of the molecule is CCCOC(=O)c1ccc(S(=O)O)cc1. The predicted octanol–water partition coefficient (Wildman–Crippen LogP) is 1.83. The largest absolute Gasteiger partial charge is 0.462 e. The van der Waals surface area contributed by atoms with Gasteiger partial charge in [0.05, 0.1) is 17.1 Å². The van der Waals surface area contributed by atoms with Gasteiger partial charge in [-0.05, 0) is 30.7 Å². The molecule has 1 N–H and O–H groups in total. The van der Waals surface area contributed by atoms with E-state index in [1.54, 1.807) is 0 Å². The molecule has 0 saturated heterocycles. The number of benzene rings is 1. The van der Waals surface area contributed by atoms with Crippen molar-refractivity contribution >= 4 is 17.0 Å². The minimum atomic E-state index is -2.01. The molecule has 0 spiro atoms. The summed E-state index contributed by atoms with van der Waals surface area (Å²) in [6, 6.07) is 5.81. The van der Waals surface area contributed by atoms with Crippen LogP contribution in [-0.2, 0) is 15.8 Å². The molecule has 1 atom stereocenters. The quantitative estimate of drug-likeness (QED) is 0.630. The van der Waals surface area contributed by atoms with Crippen LogP contribution in [0.2, 0.25) is 0 Å². The maximum Gasteiger partial charge on any atom is 0.338 e. The molecule has 0 amide bonds. The molecule has 0 bridgehead atoms. The van der Waals surface area contributed by atoms with Crippen LogP contribution in [-0.4, -0.2) is 21.3 Å². The Hall–Kier alpha value is -1.20. The normalized spacial score (nSPS) is 12.1. The highest BCUT2D eigenvalue weighted by atomic mass is 32.2. The number of ether oxygens (including phenoxy) is 1. The number of hydrogen-bond acceptors (Lipinski definition) is 3. The summed E-state index contributed by atoms with van der Waals surface area (Å²) >= 11 is -2.01. The molecule has 82 valence electrons. The standard InChI is InChI=1S/C10H12O4S/c1-2-7-14-10(11)8-3-5-9(6-4-8)15(12)13/h3-6H,2,7H2,1H3,(H,12,13). The van der Waals surface area contributed by atoms with E-state index in [9.17, 15) is 9.00 Å². The minimum absolute atomic E-state index is 0.266. The molecule has 0 aromatic heterocycles. The molecule has 15 heavy (non-hydrogen) atoms. The first-order valence-electron chi connectivity index (χ1n) is 4.53. The van der Waals surface area contributed by atoms with Crippen molar-refractivity contribution in [2.75, 3.05) is 6.61 Å². The van der Waals surface area contributed by atoms with E-state index < -0.39 is 17.0 Å². The summed E-state index contributed by atoms with van der Waals surface area (Å²) in [7, 11) is 0. The second kappa shape index (κ2) is 5.63. The van der Waals surface area contributed by atoms with E-state index in [0.29, 0.717) is 12.2 Å². The Kier molecular flexibility index (Phi) is 4.45. The van der Waals surface area contributed by atoms with Crippen LogP contribution in [0.15, 0.2) is 29.2 Å². The van der Waals surface area contributed by atoms with Crippen LogP contribution in [0.1, 0.15) is 23.7 Å². The van der Waals surface area contributed by atoms with E-state index in [0.717, 1.165) is 6.42 Å². The first-order valence-corrected chi connectivity index (χ1v) is 5.64. The molecule has 0 saturated carbocycles. The summed E-state index contributed by atoms with van der Waals surface area (Å²) in [6.07, 6.45) is 0.768. The van der Waals surface area contributed by atoms with Crippen LogP contribution >= 0.6 is 0 Å². The van der Waals surface area contributed by atoms with Gasteiger partial charge in [0.1, 0.15) is 0 Å². The average Bonchev–Trinajstić information content (AvgIpc) is 2.26. The Balaban J connectivity index is 2.71. The van der Waals surface area contributed by atoms with Gasteiger partial charge in [-0.15, -0.1) is 0 Å². The van der Waals surface area contributed by atoms with Crippen molar-refractivity contribution in [1.29, 1.82) is 0 Å². The summed E-state index contributed by atoms with van der Waals surface area (Å²) in [4.78, 5) is 11.6. The lowest BCUT2D eigenvalue weighted by Gasteiger charge is -2.02. The average molecular weight is 228 g/mol. The van der Waals surface area contributed by atoms with Crippen LogP contribution in [0.25, 0.3) is 0 Å². The second-order valence-corrected chi connectivity index (χ2v) is 3.88. The number of esters is 1. The zero-order chi connectivity index (χ0) is 11.3. The fourth-order valence-corrected chi connectivity index (χ4v) is 1.35. The van der Waals surface area contributed by atoms with E-state index >= 15 is 0 Å². The molecule has 1 aromatic carbocycles. The minimum Gasteiger partial charge on any atom is -0.462 e. The van der Waals surface area contributed by atoms with Gasteiger partial charge < -0.3 is 9.29 Å². The molecular formula is C10H12O4S. The Morgan fingerprint density at radius 2 is 2.00 bits per heavy atom. The highest BCUT2D eigenvalue weighted by molar-refractivity contribution is 7.79. The van der Waals surface area contributed by atoms with Gasteiger partial charge in [-0.1, -0.05) is 6.92 Å². The topological polar surface area (TPSA) is 63.6 Å². The molecule has 1 aromatic rings. The van der Waals surface area contributed by atoms with E-state index in [4.69, 9.17) is 9.29 Å². The second-order valence-electron chi connectivity index (χ2n) is 2.91. The Bertz CT molecular complexity index is 358. The predicted molar refractivity (Wildman–Crippen MR) is 56.1 cm³/mol. The molecule has 5 heteroatoms. The maximum atomic E-state index is 11.3. The smallest absolute Gasteiger partial charge is 0.338 e. The maximum absolute atomic E-state index is 11.3. The van der Waals surface area contributed by atoms with Crippen LogP contribution in [0.4, 0.5) is 0 Å². The van der Waals surface area contributed by atoms with Gasteiger partial charge in [0.15, 0.2) is 11.1 Å². The lowest BCUT2D eigenvalue weighted by Crippen LogP contribution is -2.05. The van der Waals surface area contributed by atoms with Crippen molar-refractivity contribution in [2.24, 2.45) is 0 Å². The van der Waals surface area contributed by atoms with E-state index in [1.165, 1.54) is 24.3 Å². The lowest BCUT2D eigenvalue weighted by atomic mass is 10.2. The van der Waals surface area contributed by atoms with Gasteiger partial charge in [-0.3, -0.25) is 0 Å². The van der Waals surface area contributed by atoms with Crippen molar-refractivity contribution in [3.8, 4) is 0 Å². The Labute approximate surface area is 90.5 Å². The summed E-state index contributed by atoms with van der Waals surface area (Å²) in [5, 5.41) is 0. The summed E-state index contributed by atoms with van der Waals surface area (Å²) in [5.41, 5.74) is 0.387. The summed E-state index contributed by atoms with van der Waals surface area (Å²) in [6.45, 7) is 2.29. The third kappa shape index (κ3) is 3.45. The molecule has 0 heterocycles. The Morgan fingerprint density at radius 3 is 2.47 bits per heavy atom. The summed E-state index contributed by atoms with van der Waals surface area (Å²) < 4.78 is 24.3. The van der Waals surface area contributed by atoms with Crippen molar-refractivity contribution in [1.82, 2.24) is 0 Å². The zero-order valence-corrected chi connectivity index (χ0v) is 9.12. The van der Waals surface area contributed by atoms with Crippen molar-refractivity contribution in [3.05, 3.63) is 29.8 Å². The molecule has 0 aliphatic rings. The molecule has 0 radical (unpaired) electrons. The molecule has 0 fully saturated rings. The van der Waals surface area contributed by atoms with Gasteiger partial charge in [0.2, 0.25) is 0 Å². The summed E-state index contributed by atoms with van der Waals surface area (Å²) in [5.74, 6) is -0.410. The first kappa shape index (κ1) is 11.9.